The van der Waals surface area contributed by atoms with Gasteiger partial charge in [0, 0.05) is 23.4 Å². The maximum atomic E-state index is 11.3. The van der Waals surface area contributed by atoms with Crippen LogP contribution in [0, 0.1) is 0 Å². The number of carbonyl (C=O) groups is 1. The monoisotopic (exact) mass is 317 g/mol. The fourth-order valence-electron chi connectivity index (χ4n) is 1.93. The number of aromatic carboxylic acids is 1. The van der Waals surface area contributed by atoms with Crippen molar-refractivity contribution in [1.29, 1.82) is 0 Å². The molecule has 1 aliphatic rings. The van der Waals surface area contributed by atoms with Gasteiger partial charge in [0.2, 0.25) is 10.0 Å². The average Bonchev–Trinajstić information content (AvgIpc) is 2.38. The summed E-state index contributed by atoms with van der Waals surface area (Å²) in [6.45, 7) is 1.32. The predicted molar refractivity (Wildman–Crippen MR) is 74.5 cm³/mol. The molecule has 0 aromatic heterocycles. The van der Waals surface area contributed by atoms with Crippen molar-refractivity contribution in [2.45, 2.75) is 27.9 Å². The highest BCUT2D eigenvalue weighted by molar-refractivity contribution is 8.00. The lowest BCUT2D eigenvalue weighted by Crippen LogP contribution is -2.18. The van der Waals surface area contributed by atoms with E-state index in [1.165, 1.54) is 23.9 Å². The average molecular weight is 317 g/mol. The van der Waals surface area contributed by atoms with Gasteiger partial charge in [0.15, 0.2) is 0 Å². The molecular weight excluding hydrogens is 302 g/mol. The van der Waals surface area contributed by atoms with Crippen LogP contribution in [0.1, 0.15) is 23.2 Å². The summed E-state index contributed by atoms with van der Waals surface area (Å²) in [7, 11) is -3.90. The van der Waals surface area contributed by atoms with Gasteiger partial charge in [0.1, 0.15) is 0 Å². The first-order chi connectivity index (χ1) is 9.38. The predicted octanol–water partition coefficient (Wildman–Crippen LogP) is 1.30. The number of thioether (sulfide) groups is 1. The summed E-state index contributed by atoms with van der Waals surface area (Å²) in [5.41, 5.74) is -0.0342. The topological polar surface area (TPSA) is 107 Å². The van der Waals surface area contributed by atoms with Gasteiger partial charge >= 0.3 is 5.97 Å². The molecule has 1 aromatic rings. The van der Waals surface area contributed by atoms with Crippen LogP contribution < -0.4 is 5.14 Å². The van der Waals surface area contributed by atoms with E-state index >= 15 is 0 Å². The van der Waals surface area contributed by atoms with Crippen molar-refractivity contribution in [1.82, 2.24) is 0 Å². The molecule has 6 nitrogen and oxygen atoms in total. The van der Waals surface area contributed by atoms with E-state index in [-0.39, 0.29) is 15.7 Å². The molecule has 110 valence electrons. The molecule has 0 spiro atoms. The van der Waals surface area contributed by atoms with Crippen LogP contribution in [0.4, 0.5) is 0 Å². The lowest BCUT2D eigenvalue weighted by Gasteiger charge is -2.22. The van der Waals surface area contributed by atoms with Gasteiger partial charge in [-0.2, -0.15) is 0 Å². The van der Waals surface area contributed by atoms with Crippen molar-refractivity contribution in [3.63, 3.8) is 0 Å². The summed E-state index contributed by atoms with van der Waals surface area (Å²) in [6, 6.07) is 3.95. The minimum absolute atomic E-state index is 0.0342. The van der Waals surface area contributed by atoms with Crippen molar-refractivity contribution in [3.8, 4) is 0 Å². The number of benzene rings is 1. The van der Waals surface area contributed by atoms with Crippen LogP contribution >= 0.6 is 11.8 Å². The Morgan fingerprint density at radius 2 is 2.00 bits per heavy atom. The molecule has 1 saturated heterocycles. The van der Waals surface area contributed by atoms with Crippen LogP contribution in [0.25, 0.3) is 0 Å². The summed E-state index contributed by atoms with van der Waals surface area (Å²) in [5.74, 6) is -1.16. The fourth-order valence-corrected chi connectivity index (χ4v) is 3.68. The van der Waals surface area contributed by atoms with Crippen LogP contribution in [0.5, 0.6) is 0 Å². The number of primary sulfonamides is 1. The second-order valence-electron chi connectivity index (χ2n) is 4.44. The van der Waals surface area contributed by atoms with Crippen molar-refractivity contribution < 1.29 is 23.1 Å². The van der Waals surface area contributed by atoms with Gasteiger partial charge in [-0.25, -0.2) is 18.4 Å². The lowest BCUT2D eigenvalue weighted by molar-refractivity contribution is 0.0693. The van der Waals surface area contributed by atoms with Crippen molar-refractivity contribution in [2.24, 2.45) is 5.14 Å². The summed E-state index contributed by atoms with van der Waals surface area (Å²) in [6.07, 6.45) is 1.70. The van der Waals surface area contributed by atoms with E-state index in [0.29, 0.717) is 18.1 Å². The van der Waals surface area contributed by atoms with Crippen molar-refractivity contribution >= 4 is 27.8 Å². The number of sulfonamides is 1. The molecule has 0 unspecified atom stereocenters. The van der Waals surface area contributed by atoms with Crippen LogP contribution in [-0.2, 0) is 14.8 Å². The highest BCUT2D eigenvalue weighted by atomic mass is 32.2. The molecule has 0 saturated carbocycles. The van der Waals surface area contributed by atoms with Gasteiger partial charge < -0.3 is 9.84 Å². The second-order valence-corrected chi connectivity index (χ2v) is 7.34. The highest BCUT2D eigenvalue weighted by Crippen LogP contribution is 2.33. The van der Waals surface area contributed by atoms with E-state index in [4.69, 9.17) is 9.88 Å². The summed E-state index contributed by atoms with van der Waals surface area (Å²) in [5, 5.41) is 14.5. The number of hydrogen-bond acceptors (Lipinski definition) is 5. The zero-order valence-electron chi connectivity index (χ0n) is 10.6. The third kappa shape index (κ3) is 3.72. The molecule has 1 fully saturated rings. The Morgan fingerprint density at radius 3 is 2.55 bits per heavy atom. The first kappa shape index (κ1) is 15.3. The van der Waals surface area contributed by atoms with Crippen LogP contribution in [0.2, 0.25) is 0 Å². The quantitative estimate of drug-likeness (QED) is 0.867. The minimum atomic E-state index is -3.90. The fraction of sp³-hybridized carbons (Fsp3) is 0.417. The normalized spacial score (nSPS) is 17.1. The Kier molecular flexibility index (Phi) is 4.69. The molecular formula is C12H15NO5S2. The van der Waals surface area contributed by atoms with Crippen molar-refractivity contribution in [2.75, 3.05) is 13.2 Å². The molecule has 0 atom stereocenters. The Morgan fingerprint density at radius 1 is 1.35 bits per heavy atom. The number of hydrogen-bond donors (Lipinski definition) is 2. The number of carboxylic acid groups (broad SMARTS) is 1. The van der Waals surface area contributed by atoms with Gasteiger partial charge in [-0.15, -0.1) is 11.8 Å². The summed E-state index contributed by atoms with van der Waals surface area (Å²) < 4.78 is 27.8. The lowest BCUT2D eigenvalue weighted by atomic mass is 10.2. The Bertz CT molecular complexity index is 608. The number of carboxylic acids is 1. The largest absolute Gasteiger partial charge is 0.478 e. The standard InChI is InChI=1S/C12H15NO5S2/c13-20(16,17)9-1-2-11(10(7-9)12(14)15)19-8-3-5-18-6-4-8/h1-2,7-8H,3-6H2,(H,14,15)(H2,13,16,17). The van der Waals surface area contributed by atoms with Gasteiger partial charge in [0.05, 0.1) is 10.5 Å². The summed E-state index contributed by atoms with van der Waals surface area (Å²) in [4.78, 5) is 11.6. The molecule has 0 radical (unpaired) electrons. The molecule has 0 aliphatic carbocycles. The maximum absolute atomic E-state index is 11.3. The zero-order valence-corrected chi connectivity index (χ0v) is 12.2. The maximum Gasteiger partial charge on any atom is 0.336 e. The van der Waals surface area contributed by atoms with Crippen molar-refractivity contribution in [3.05, 3.63) is 23.8 Å². The molecule has 1 heterocycles. The number of ether oxygens (including phenoxy) is 1. The van der Waals surface area contributed by atoms with E-state index in [9.17, 15) is 18.3 Å². The second kappa shape index (κ2) is 6.13. The van der Waals surface area contributed by atoms with Crippen LogP contribution in [0.15, 0.2) is 28.0 Å². The third-order valence-corrected chi connectivity index (χ3v) is 5.30. The molecule has 20 heavy (non-hydrogen) atoms. The van der Waals surface area contributed by atoms with E-state index in [0.717, 1.165) is 18.9 Å². The SMILES string of the molecule is NS(=O)(=O)c1ccc(SC2CCOCC2)c(C(=O)O)c1. The Hall–Kier alpha value is -1.09. The summed E-state index contributed by atoms with van der Waals surface area (Å²) >= 11 is 1.44. The molecule has 1 aliphatic heterocycles. The minimum Gasteiger partial charge on any atom is -0.478 e. The van der Waals surface area contributed by atoms with E-state index in [1.54, 1.807) is 0 Å². The van der Waals surface area contributed by atoms with E-state index in [1.807, 2.05) is 0 Å². The zero-order chi connectivity index (χ0) is 14.8. The Labute approximate surface area is 121 Å². The van der Waals surface area contributed by atoms with Gasteiger partial charge in [-0.3, -0.25) is 0 Å². The van der Waals surface area contributed by atoms with Gasteiger partial charge in [0.25, 0.3) is 0 Å². The third-order valence-electron chi connectivity index (χ3n) is 2.97. The highest BCUT2D eigenvalue weighted by Gasteiger charge is 2.21. The van der Waals surface area contributed by atoms with E-state index in [2.05, 4.69) is 0 Å². The molecule has 0 bridgehead atoms. The molecule has 2 rings (SSSR count). The molecule has 3 N–H and O–H groups in total. The molecule has 0 amide bonds. The smallest absolute Gasteiger partial charge is 0.336 e. The first-order valence-electron chi connectivity index (χ1n) is 6.02. The first-order valence-corrected chi connectivity index (χ1v) is 8.45. The number of rotatable bonds is 4. The van der Waals surface area contributed by atoms with Gasteiger partial charge in [-0.05, 0) is 31.0 Å². The molecule has 1 aromatic carbocycles. The van der Waals surface area contributed by atoms with Crippen LogP contribution in [0.3, 0.4) is 0 Å². The molecule has 8 heteroatoms. The van der Waals surface area contributed by atoms with Crippen LogP contribution in [-0.4, -0.2) is 38.0 Å². The number of nitrogens with two attached hydrogens (primary N) is 1. The van der Waals surface area contributed by atoms with Gasteiger partial charge in [-0.1, -0.05) is 0 Å². The van der Waals surface area contributed by atoms with E-state index < -0.39 is 16.0 Å². The Balaban J connectivity index is 2.30.